The van der Waals surface area contributed by atoms with Gasteiger partial charge in [0.1, 0.15) is 0 Å². The third-order valence-corrected chi connectivity index (χ3v) is 9.11. The fraction of sp³-hybridized carbons (Fsp3) is 0.0244. The molecule has 6 aromatic carbocycles. The molecule has 0 saturated carbocycles. The van der Waals surface area contributed by atoms with Gasteiger partial charge in [0.25, 0.3) is 0 Å². The quantitative estimate of drug-likeness (QED) is 0.184. The summed E-state index contributed by atoms with van der Waals surface area (Å²) in [5, 5.41) is 1.23. The minimum absolute atomic E-state index is 0.997. The van der Waals surface area contributed by atoms with Gasteiger partial charge in [0, 0.05) is 30.0 Å². The number of benzene rings is 6. The molecule has 220 valence electrons. The number of fused-ring (bicyclic) bond motifs is 2. The monoisotopic (exact) mass is 773 g/mol. The number of H-pyrrole nitrogens is 1. The molecule has 0 atom stereocenters. The van der Waals surface area contributed by atoms with Gasteiger partial charge in [-0.15, -0.1) is 0 Å². The molecule has 45 heavy (non-hydrogen) atoms. The van der Waals surface area contributed by atoms with Crippen molar-refractivity contribution < 1.29 is 0 Å². The highest BCUT2D eigenvalue weighted by atomic mass is 79.9. The van der Waals surface area contributed by atoms with E-state index in [4.69, 9.17) is 0 Å². The van der Waals surface area contributed by atoms with Crippen LogP contribution in [0.5, 0.6) is 0 Å². The highest BCUT2D eigenvalue weighted by Gasteiger charge is 2.23. The van der Waals surface area contributed by atoms with E-state index >= 15 is 0 Å². The van der Waals surface area contributed by atoms with Crippen LogP contribution in [0.2, 0.25) is 0 Å². The number of nitrogens with one attached hydrogen (secondary N) is 1. The van der Waals surface area contributed by atoms with Crippen LogP contribution in [0.1, 0.15) is 22.3 Å². The molecule has 1 aromatic heterocycles. The van der Waals surface area contributed by atoms with E-state index in [0.717, 1.165) is 25.5 Å². The van der Waals surface area contributed by atoms with Gasteiger partial charge in [-0.25, -0.2) is 0 Å². The lowest BCUT2D eigenvalue weighted by Gasteiger charge is -2.10. The maximum absolute atomic E-state index is 3.62. The van der Waals surface area contributed by atoms with Gasteiger partial charge in [0.05, 0.1) is 0 Å². The van der Waals surface area contributed by atoms with Crippen molar-refractivity contribution in [2.45, 2.75) is 6.42 Å². The van der Waals surface area contributed by atoms with E-state index in [1.54, 1.807) is 0 Å². The number of allylic oxidation sites excluding steroid dienone is 1. The number of hydrogen-bond acceptors (Lipinski definition) is 0. The van der Waals surface area contributed by atoms with Crippen LogP contribution in [-0.4, -0.2) is 4.98 Å². The number of aromatic nitrogens is 1. The van der Waals surface area contributed by atoms with Gasteiger partial charge in [0.2, 0.25) is 0 Å². The van der Waals surface area contributed by atoms with Gasteiger partial charge in [-0.1, -0.05) is 163 Å². The van der Waals surface area contributed by atoms with Crippen molar-refractivity contribution in [3.05, 3.63) is 199 Å². The van der Waals surface area contributed by atoms with Crippen LogP contribution in [0.15, 0.2) is 177 Å². The van der Waals surface area contributed by atoms with Crippen molar-refractivity contribution in [3.8, 4) is 11.3 Å². The molecule has 1 nitrogen and oxygen atoms in total. The number of aromatic amines is 1. The second-order valence-corrected chi connectivity index (χ2v) is 13.4. The van der Waals surface area contributed by atoms with Gasteiger partial charge >= 0.3 is 0 Å². The molecule has 0 spiro atoms. The Morgan fingerprint density at radius 1 is 0.444 bits per heavy atom. The van der Waals surface area contributed by atoms with E-state index in [-0.39, 0.29) is 0 Å². The molecule has 1 N–H and O–H groups in total. The predicted octanol–water partition coefficient (Wildman–Crippen LogP) is 13.0. The first-order valence-electron chi connectivity index (χ1n) is 14.7. The molecule has 0 fully saturated rings. The van der Waals surface area contributed by atoms with Gasteiger partial charge in [-0.2, -0.15) is 0 Å². The summed E-state index contributed by atoms with van der Waals surface area (Å²) in [6.07, 6.45) is 0.997. The third-order valence-electron chi connectivity index (χ3n) is 7.60. The molecule has 0 bridgehead atoms. The third kappa shape index (κ3) is 7.83. The molecular weight excluding hydrogens is 746 g/mol. The van der Waals surface area contributed by atoms with Crippen LogP contribution in [0.25, 0.3) is 33.3 Å². The highest BCUT2D eigenvalue weighted by molar-refractivity contribution is 9.11. The lowest BCUT2D eigenvalue weighted by Crippen LogP contribution is -1.89. The minimum atomic E-state index is 0.997. The standard InChI is InChI=1S/C21H15Br.C14H10BrN.C6H5Br/c22-18-12-11-17-13-19(15-7-3-1-4-8-15)21(20(17)14-18)16-9-5-2-6-10-16;15-12-6-7-13-11(8-12)9-14(16-13)10-4-2-1-3-5-10;7-6-4-2-1-3-5-6/h1-12,14H,13H2;1-9,16H;1-5H. The summed E-state index contributed by atoms with van der Waals surface area (Å²) in [6.45, 7) is 0. The predicted molar refractivity (Wildman–Crippen MR) is 202 cm³/mol. The van der Waals surface area contributed by atoms with Crippen molar-refractivity contribution >= 4 is 69.8 Å². The summed E-state index contributed by atoms with van der Waals surface area (Å²) in [5.74, 6) is 0. The smallest absolute Gasteiger partial charge is 0.0464 e. The summed E-state index contributed by atoms with van der Waals surface area (Å²) in [4.78, 5) is 3.42. The Balaban J connectivity index is 0.000000135. The average Bonchev–Trinajstić information content (AvgIpc) is 3.68. The van der Waals surface area contributed by atoms with Gasteiger partial charge in [-0.05, 0) is 93.9 Å². The normalized spacial score (nSPS) is 11.7. The fourth-order valence-corrected chi connectivity index (χ4v) is 6.53. The number of rotatable bonds is 3. The molecule has 7 aromatic rings. The van der Waals surface area contributed by atoms with Crippen molar-refractivity contribution in [2.24, 2.45) is 0 Å². The first-order valence-corrected chi connectivity index (χ1v) is 17.1. The van der Waals surface area contributed by atoms with Crippen molar-refractivity contribution in [3.63, 3.8) is 0 Å². The highest BCUT2D eigenvalue weighted by Crippen LogP contribution is 2.43. The maximum Gasteiger partial charge on any atom is 0.0464 e. The van der Waals surface area contributed by atoms with Gasteiger partial charge in [-0.3, -0.25) is 0 Å². The Hall–Kier alpha value is -3.96. The zero-order chi connectivity index (χ0) is 31.0. The molecule has 1 aliphatic rings. The van der Waals surface area contributed by atoms with E-state index in [1.165, 1.54) is 49.9 Å². The van der Waals surface area contributed by atoms with E-state index in [1.807, 2.05) is 42.5 Å². The second-order valence-electron chi connectivity index (χ2n) is 10.6. The number of hydrogen-bond donors (Lipinski definition) is 1. The molecule has 1 heterocycles. The zero-order valence-electron chi connectivity index (χ0n) is 24.4. The molecule has 0 unspecified atom stereocenters. The SMILES string of the molecule is Brc1ccc2[nH]c(-c3ccccc3)cc2c1.Brc1ccc2c(c1)C(c1ccccc1)=C(c1ccccc1)C2.Brc1ccccc1. The summed E-state index contributed by atoms with van der Waals surface area (Å²) < 4.78 is 3.38. The molecule has 0 amide bonds. The van der Waals surface area contributed by atoms with Crippen molar-refractivity contribution in [1.82, 2.24) is 4.98 Å². The molecule has 0 saturated heterocycles. The Morgan fingerprint density at radius 2 is 0.978 bits per heavy atom. The van der Waals surface area contributed by atoms with Gasteiger partial charge < -0.3 is 4.98 Å². The molecule has 8 rings (SSSR count). The van der Waals surface area contributed by atoms with Crippen LogP contribution < -0.4 is 0 Å². The maximum atomic E-state index is 3.62. The first kappa shape index (κ1) is 31.0. The largest absolute Gasteiger partial charge is 0.355 e. The van der Waals surface area contributed by atoms with Crippen LogP contribution in [-0.2, 0) is 6.42 Å². The Morgan fingerprint density at radius 3 is 1.58 bits per heavy atom. The summed E-state index contributed by atoms with van der Waals surface area (Å²) in [6, 6.07) is 56.8. The lowest BCUT2D eigenvalue weighted by atomic mass is 9.94. The molecule has 1 aliphatic carbocycles. The number of halogens is 3. The lowest BCUT2D eigenvalue weighted by molar-refractivity contribution is 1.31. The van der Waals surface area contributed by atoms with Crippen LogP contribution in [0.3, 0.4) is 0 Å². The second kappa shape index (κ2) is 14.9. The molecule has 4 heteroatoms. The van der Waals surface area contributed by atoms with Crippen LogP contribution in [0.4, 0.5) is 0 Å². The summed E-state index contributed by atoms with van der Waals surface area (Å²) in [7, 11) is 0. The van der Waals surface area contributed by atoms with Crippen molar-refractivity contribution in [2.75, 3.05) is 0 Å². The van der Waals surface area contributed by atoms with Crippen LogP contribution in [0, 0.1) is 0 Å². The molecule has 0 aliphatic heterocycles. The zero-order valence-corrected chi connectivity index (χ0v) is 29.2. The average molecular weight is 776 g/mol. The minimum Gasteiger partial charge on any atom is -0.355 e. The first-order chi connectivity index (χ1) is 22.0. The van der Waals surface area contributed by atoms with E-state index in [0.29, 0.717) is 0 Å². The van der Waals surface area contributed by atoms with Crippen LogP contribution >= 0.6 is 47.8 Å². The molecular formula is C41H30Br3N. The Kier molecular flexibility index (Phi) is 10.3. The van der Waals surface area contributed by atoms with Gasteiger partial charge in [0.15, 0.2) is 0 Å². The summed E-state index contributed by atoms with van der Waals surface area (Å²) >= 11 is 10.4. The van der Waals surface area contributed by atoms with E-state index in [2.05, 4.69) is 174 Å². The molecule has 0 radical (unpaired) electrons. The topological polar surface area (TPSA) is 15.8 Å². The fourth-order valence-electron chi connectivity index (χ4n) is 5.49. The Bertz CT molecular complexity index is 2030. The van der Waals surface area contributed by atoms with E-state index in [9.17, 15) is 0 Å². The summed E-state index contributed by atoms with van der Waals surface area (Å²) in [5.41, 5.74) is 11.7. The Labute approximate surface area is 290 Å². The van der Waals surface area contributed by atoms with E-state index < -0.39 is 0 Å². The van der Waals surface area contributed by atoms with Crippen molar-refractivity contribution in [1.29, 1.82) is 0 Å².